The van der Waals surface area contributed by atoms with Crippen LogP contribution in [0.5, 0.6) is 0 Å². The summed E-state index contributed by atoms with van der Waals surface area (Å²) in [5.41, 5.74) is 3.20. The Hall–Kier alpha value is -4.46. The number of carbonyl (C=O) groups is 2. The predicted octanol–water partition coefficient (Wildman–Crippen LogP) is 2.69. The highest BCUT2D eigenvalue weighted by molar-refractivity contribution is 5.95. The van der Waals surface area contributed by atoms with Crippen LogP contribution in [-0.4, -0.2) is 41.8 Å². The van der Waals surface area contributed by atoms with Crippen molar-refractivity contribution in [3.8, 4) is 0 Å². The number of rotatable bonds is 7. The molecule has 0 saturated carbocycles. The molecule has 5 N–H and O–H groups in total. The Labute approximate surface area is 194 Å². The average molecular weight is 490 g/mol. The fraction of sp³-hybridized carbons (Fsp3) is 0.190. The van der Waals surface area contributed by atoms with Gasteiger partial charge in [-0.15, -0.1) is 0 Å². The molecule has 1 amide bonds. The Morgan fingerprint density at radius 3 is 2.57 bits per heavy atom. The molecule has 0 aliphatic heterocycles. The van der Waals surface area contributed by atoms with Crippen LogP contribution in [0.4, 0.5) is 18.9 Å². The number of halogens is 3. The number of nitrogens with one attached hydrogen (secondary N) is 1. The second-order valence-corrected chi connectivity index (χ2v) is 7.42. The van der Waals surface area contributed by atoms with Gasteiger partial charge in [0, 0.05) is 10.9 Å². The number of hydrogen-bond donors (Lipinski definition) is 4. The number of fused-ring (bicyclic) bond motifs is 1. The first-order chi connectivity index (χ1) is 16.5. The first-order valence-electron chi connectivity index (χ1n) is 9.92. The van der Waals surface area contributed by atoms with Crippen LogP contribution < -0.4 is 11.1 Å². The number of carbonyl (C=O) groups excluding carboxylic acids is 1. The van der Waals surface area contributed by atoms with E-state index in [1.807, 2.05) is 0 Å². The maximum absolute atomic E-state index is 13.8. The Bertz CT molecular complexity index is 1450. The molecule has 11 nitrogen and oxygen atoms in total. The first kappa shape index (κ1) is 23.7. The standard InChI is InChI=1S/C21H17F3N6O5/c1-9-16(17(21(22,23)24)29-30(9)7-15-27-14(8-35-15)20(33)34)28-19(32)11-6-13(18(25)31)26-12-5-3-2-4-10(11)12/h2-6,8,19,28,32H,7H2,1H3,(H2,25,31)(H,33,34). The number of anilines is 1. The number of amides is 1. The number of alkyl halides is 3. The summed E-state index contributed by atoms with van der Waals surface area (Å²) in [4.78, 5) is 30.4. The van der Waals surface area contributed by atoms with E-state index < -0.39 is 47.9 Å². The van der Waals surface area contributed by atoms with Crippen molar-refractivity contribution in [3.63, 3.8) is 0 Å². The third kappa shape index (κ3) is 4.63. The minimum Gasteiger partial charge on any atom is -0.476 e. The molecular weight excluding hydrogens is 473 g/mol. The average Bonchev–Trinajstić information content (AvgIpc) is 3.38. The zero-order valence-corrected chi connectivity index (χ0v) is 17.9. The van der Waals surface area contributed by atoms with Crippen LogP contribution in [0.1, 0.15) is 50.0 Å². The predicted molar refractivity (Wildman–Crippen MR) is 113 cm³/mol. The second kappa shape index (κ2) is 8.72. The fourth-order valence-electron chi connectivity index (χ4n) is 3.45. The van der Waals surface area contributed by atoms with Crippen LogP contribution >= 0.6 is 0 Å². The lowest BCUT2D eigenvalue weighted by atomic mass is 10.1. The summed E-state index contributed by atoms with van der Waals surface area (Å²) in [5.74, 6) is -2.42. The molecular formula is C21H17F3N6O5. The summed E-state index contributed by atoms with van der Waals surface area (Å²) >= 11 is 0. The minimum absolute atomic E-state index is 0.0417. The molecule has 3 heterocycles. The maximum Gasteiger partial charge on any atom is 0.437 e. The van der Waals surface area contributed by atoms with Gasteiger partial charge in [-0.25, -0.2) is 14.8 Å². The molecule has 3 aromatic heterocycles. The molecule has 0 bridgehead atoms. The van der Waals surface area contributed by atoms with Crippen molar-refractivity contribution in [2.24, 2.45) is 5.73 Å². The van der Waals surface area contributed by atoms with Crippen molar-refractivity contribution in [2.45, 2.75) is 25.9 Å². The van der Waals surface area contributed by atoms with E-state index in [0.29, 0.717) is 10.9 Å². The fourth-order valence-corrected chi connectivity index (χ4v) is 3.45. The van der Waals surface area contributed by atoms with Crippen molar-refractivity contribution < 1.29 is 37.4 Å². The molecule has 35 heavy (non-hydrogen) atoms. The molecule has 0 aliphatic rings. The lowest BCUT2D eigenvalue weighted by molar-refractivity contribution is -0.140. The SMILES string of the molecule is Cc1c(NC(O)c2cc(C(N)=O)nc3ccccc23)c(C(F)(F)F)nn1Cc1nc(C(=O)O)co1. The molecule has 1 aromatic carbocycles. The summed E-state index contributed by atoms with van der Waals surface area (Å²) in [6.45, 7) is 0.918. The quantitative estimate of drug-likeness (QED) is 0.285. The molecule has 14 heteroatoms. The van der Waals surface area contributed by atoms with Crippen molar-refractivity contribution >= 4 is 28.5 Å². The highest BCUT2D eigenvalue weighted by Crippen LogP contribution is 2.38. The van der Waals surface area contributed by atoms with E-state index in [1.54, 1.807) is 24.3 Å². The molecule has 4 aromatic rings. The van der Waals surface area contributed by atoms with Gasteiger partial charge in [-0.2, -0.15) is 18.3 Å². The van der Waals surface area contributed by atoms with E-state index in [1.165, 1.54) is 13.0 Å². The van der Waals surface area contributed by atoms with Crippen LogP contribution in [0.15, 0.2) is 41.0 Å². The summed E-state index contributed by atoms with van der Waals surface area (Å²) in [7, 11) is 0. The smallest absolute Gasteiger partial charge is 0.437 e. The van der Waals surface area contributed by atoms with Crippen LogP contribution in [0.25, 0.3) is 10.9 Å². The topological polar surface area (TPSA) is 169 Å². The molecule has 0 fully saturated rings. The number of hydrogen-bond acceptors (Lipinski definition) is 8. The van der Waals surface area contributed by atoms with E-state index in [2.05, 4.69) is 20.4 Å². The molecule has 0 aliphatic carbocycles. The van der Waals surface area contributed by atoms with Crippen LogP contribution in [-0.2, 0) is 12.7 Å². The van der Waals surface area contributed by atoms with E-state index in [4.69, 9.17) is 15.3 Å². The Morgan fingerprint density at radius 2 is 1.94 bits per heavy atom. The van der Waals surface area contributed by atoms with E-state index >= 15 is 0 Å². The largest absolute Gasteiger partial charge is 0.476 e. The maximum atomic E-state index is 13.8. The minimum atomic E-state index is -4.90. The van der Waals surface area contributed by atoms with Gasteiger partial charge in [0.05, 0.1) is 16.9 Å². The summed E-state index contributed by atoms with van der Waals surface area (Å²) < 4.78 is 47.3. The molecule has 4 rings (SSSR count). The van der Waals surface area contributed by atoms with Gasteiger partial charge in [0.2, 0.25) is 5.89 Å². The Morgan fingerprint density at radius 1 is 1.23 bits per heavy atom. The van der Waals surface area contributed by atoms with Gasteiger partial charge in [0.25, 0.3) is 5.91 Å². The van der Waals surface area contributed by atoms with Gasteiger partial charge in [-0.3, -0.25) is 9.48 Å². The number of carboxylic acid groups (broad SMARTS) is 1. The number of aromatic carboxylic acids is 1. The molecule has 1 atom stereocenters. The summed E-state index contributed by atoms with van der Waals surface area (Å²) in [5, 5.41) is 26.2. The van der Waals surface area contributed by atoms with Gasteiger partial charge in [0.15, 0.2) is 17.6 Å². The summed E-state index contributed by atoms with van der Waals surface area (Å²) in [6.07, 6.45) is -5.76. The Kier molecular flexibility index (Phi) is 5.90. The molecule has 0 radical (unpaired) electrons. The third-order valence-corrected chi connectivity index (χ3v) is 5.11. The number of oxazole rings is 1. The zero-order valence-electron chi connectivity index (χ0n) is 17.9. The normalized spacial score (nSPS) is 12.6. The number of nitrogens with two attached hydrogens (primary N) is 1. The van der Waals surface area contributed by atoms with E-state index in [0.717, 1.165) is 10.9 Å². The molecule has 0 saturated heterocycles. The number of pyridine rings is 1. The first-order valence-corrected chi connectivity index (χ1v) is 9.92. The van der Waals surface area contributed by atoms with Gasteiger partial charge in [-0.1, -0.05) is 18.2 Å². The van der Waals surface area contributed by atoms with Crippen molar-refractivity contribution in [3.05, 3.63) is 70.8 Å². The van der Waals surface area contributed by atoms with Crippen molar-refractivity contribution in [1.29, 1.82) is 0 Å². The highest BCUT2D eigenvalue weighted by Gasteiger charge is 2.39. The zero-order chi connectivity index (χ0) is 25.5. The van der Waals surface area contributed by atoms with Gasteiger partial charge in [-0.05, 0) is 19.1 Å². The van der Waals surface area contributed by atoms with Gasteiger partial charge >= 0.3 is 12.1 Å². The van der Waals surface area contributed by atoms with Crippen LogP contribution in [0.2, 0.25) is 0 Å². The van der Waals surface area contributed by atoms with Crippen LogP contribution in [0, 0.1) is 6.92 Å². The Balaban J connectivity index is 1.74. The number of carboxylic acids is 1. The van der Waals surface area contributed by atoms with Gasteiger partial charge in [0.1, 0.15) is 18.5 Å². The number of nitrogens with zero attached hydrogens (tertiary/aromatic N) is 4. The van der Waals surface area contributed by atoms with E-state index in [-0.39, 0.29) is 22.8 Å². The monoisotopic (exact) mass is 490 g/mol. The van der Waals surface area contributed by atoms with Crippen molar-refractivity contribution in [2.75, 3.05) is 5.32 Å². The van der Waals surface area contributed by atoms with Crippen LogP contribution in [0.3, 0.4) is 0 Å². The summed E-state index contributed by atoms with van der Waals surface area (Å²) in [6, 6.07) is 7.60. The number of primary amides is 1. The lowest BCUT2D eigenvalue weighted by Gasteiger charge is -2.18. The van der Waals surface area contributed by atoms with E-state index in [9.17, 15) is 27.9 Å². The lowest BCUT2D eigenvalue weighted by Crippen LogP contribution is -2.18. The number of aliphatic hydroxyl groups is 1. The highest BCUT2D eigenvalue weighted by atomic mass is 19.4. The molecule has 0 spiro atoms. The molecule has 182 valence electrons. The van der Waals surface area contributed by atoms with Crippen molar-refractivity contribution in [1.82, 2.24) is 19.7 Å². The second-order valence-electron chi connectivity index (χ2n) is 7.42. The number of aliphatic hydroxyl groups excluding tert-OH is 1. The molecule has 1 unspecified atom stereocenters. The number of benzene rings is 1. The number of para-hydroxylation sites is 1. The number of aromatic nitrogens is 4. The third-order valence-electron chi connectivity index (χ3n) is 5.11. The van der Waals surface area contributed by atoms with Gasteiger partial charge < -0.3 is 25.7 Å².